The first-order chi connectivity index (χ1) is 12.0. The van der Waals surface area contributed by atoms with Gasteiger partial charge in [0.25, 0.3) is 5.91 Å². The van der Waals surface area contributed by atoms with E-state index in [4.69, 9.17) is 16.3 Å². The van der Waals surface area contributed by atoms with Crippen molar-refractivity contribution in [3.8, 4) is 5.75 Å². The molecule has 0 unspecified atom stereocenters. The largest absolute Gasteiger partial charge is 0.484 e. The Morgan fingerprint density at radius 1 is 1.20 bits per heavy atom. The normalized spacial score (nSPS) is 13.1. The van der Waals surface area contributed by atoms with Crippen molar-refractivity contribution < 1.29 is 14.3 Å². The van der Waals surface area contributed by atoms with Gasteiger partial charge in [0.15, 0.2) is 6.61 Å². The fourth-order valence-electron chi connectivity index (χ4n) is 2.86. The van der Waals surface area contributed by atoms with Gasteiger partial charge >= 0.3 is 0 Å². The van der Waals surface area contributed by atoms with E-state index in [-0.39, 0.29) is 18.4 Å². The highest BCUT2D eigenvalue weighted by molar-refractivity contribution is 6.30. The number of carbonyl (C=O) groups is 2. The number of fused-ring (bicyclic) bond motifs is 1. The summed E-state index contributed by atoms with van der Waals surface area (Å²) < 4.78 is 5.43. The zero-order valence-corrected chi connectivity index (χ0v) is 14.7. The van der Waals surface area contributed by atoms with Crippen LogP contribution in [0.4, 0.5) is 11.4 Å². The average molecular weight is 359 g/mol. The number of aryl methyl sites for hydroxylation is 1. The van der Waals surface area contributed by atoms with Crippen LogP contribution < -0.4 is 15.0 Å². The van der Waals surface area contributed by atoms with Gasteiger partial charge in [0.05, 0.1) is 0 Å². The molecule has 0 aromatic heterocycles. The van der Waals surface area contributed by atoms with Gasteiger partial charge in [-0.15, -0.1) is 0 Å². The Morgan fingerprint density at radius 3 is 2.68 bits per heavy atom. The van der Waals surface area contributed by atoms with Crippen molar-refractivity contribution in [1.29, 1.82) is 0 Å². The summed E-state index contributed by atoms with van der Waals surface area (Å²) in [5, 5.41) is 3.42. The first kappa shape index (κ1) is 17.3. The molecule has 0 aliphatic carbocycles. The number of hydrogen-bond donors (Lipinski definition) is 1. The third kappa shape index (κ3) is 4.31. The number of halogens is 1. The zero-order valence-electron chi connectivity index (χ0n) is 13.9. The lowest BCUT2D eigenvalue weighted by Gasteiger charge is -2.29. The van der Waals surface area contributed by atoms with Crippen molar-refractivity contribution in [2.75, 3.05) is 23.4 Å². The first-order valence-corrected chi connectivity index (χ1v) is 8.50. The Balaban J connectivity index is 1.64. The highest BCUT2D eigenvalue weighted by Gasteiger charge is 2.20. The average Bonchev–Trinajstić information content (AvgIpc) is 2.60. The summed E-state index contributed by atoms with van der Waals surface area (Å²) in [5.74, 6) is 0.323. The maximum atomic E-state index is 12.1. The van der Waals surface area contributed by atoms with Gasteiger partial charge in [0.2, 0.25) is 5.91 Å². The number of carbonyl (C=O) groups excluding carboxylic acids is 2. The molecule has 6 heteroatoms. The van der Waals surface area contributed by atoms with E-state index in [9.17, 15) is 9.59 Å². The molecule has 1 aliphatic rings. The fraction of sp³-hybridized carbons (Fsp3) is 0.263. The van der Waals surface area contributed by atoms with Crippen molar-refractivity contribution in [3.05, 3.63) is 53.1 Å². The number of benzene rings is 2. The summed E-state index contributed by atoms with van der Waals surface area (Å²) in [6, 6.07) is 12.5. The van der Waals surface area contributed by atoms with Crippen molar-refractivity contribution >= 4 is 34.8 Å². The van der Waals surface area contributed by atoms with E-state index in [0.717, 1.165) is 24.1 Å². The third-order valence-corrected chi connectivity index (χ3v) is 4.30. The molecule has 2 amide bonds. The Hall–Kier alpha value is -2.53. The van der Waals surface area contributed by atoms with Crippen molar-refractivity contribution in [2.24, 2.45) is 0 Å². The van der Waals surface area contributed by atoms with E-state index in [1.807, 2.05) is 18.2 Å². The molecule has 0 radical (unpaired) electrons. The van der Waals surface area contributed by atoms with Gasteiger partial charge in [-0.1, -0.05) is 17.7 Å². The minimum Gasteiger partial charge on any atom is -0.484 e. The second kappa shape index (κ2) is 7.57. The Kier molecular flexibility index (Phi) is 5.24. The highest BCUT2D eigenvalue weighted by Crippen LogP contribution is 2.30. The summed E-state index contributed by atoms with van der Waals surface area (Å²) in [5.41, 5.74) is 2.64. The molecule has 0 spiro atoms. The molecule has 130 valence electrons. The topological polar surface area (TPSA) is 58.6 Å². The Labute approximate surface area is 151 Å². The number of nitrogens with one attached hydrogen (secondary N) is 1. The van der Waals surface area contributed by atoms with Crippen LogP contribution in [0.2, 0.25) is 5.02 Å². The molecule has 1 aliphatic heterocycles. The van der Waals surface area contributed by atoms with E-state index < -0.39 is 0 Å². The molecular formula is C19H19ClN2O3. The lowest BCUT2D eigenvalue weighted by atomic mass is 10.0. The van der Waals surface area contributed by atoms with Crippen LogP contribution >= 0.6 is 11.6 Å². The molecule has 1 heterocycles. The van der Waals surface area contributed by atoms with Gasteiger partial charge < -0.3 is 15.0 Å². The van der Waals surface area contributed by atoms with Gasteiger partial charge in [-0.2, -0.15) is 0 Å². The number of hydrogen-bond acceptors (Lipinski definition) is 3. The summed E-state index contributed by atoms with van der Waals surface area (Å²) in [6.45, 7) is 2.16. The monoisotopic (exact) mass is 358 g/mol. The second-order valence-corrected chi connectivity index (χ2v) is 6.34. The van der Waals surface area contributed by atoms with Crippen LogP contribution in [0.3, 0.4) is 0 Å². The molecule has 0 atom stereocenters. The maximum Gasteiger partial charge on any atom is 0.262 e. The van der Waals surface area contributed by atoms with Gasteiger partial charge in [0, 0.05) is 29.9 Å². The zero-order chi connectivity index (χ0) is 17.8. The predicted octanol–water partition coefficient (Wildman–Crippen LogP) is 3.66. The van der Waals surface area contributed by atoms with Crippen LogP contribution in [0.5, 0.6) is 5.75 Å². The van der Waals surface area contributed by atoms with Crippen LogP contribution in [0.1, 0.15) is 18.9 Å². The number of rotatable bonds is 4. The smallest absolute Gasteiger partial charge is 0.262 e. The highest BCUT2D eigenvalue weighted by atomic mass is 35.5. The minimum absolute atomic E-state index is 0.00972. The molecule has 0 saturated carbocycles. The van der Waals surface area contributed by atoms with Crippen LogP contribution in [0, 0.1) is 0 Å². The van der Waals surface area contributed by atoms with E-state index in [1.165, 1.54) is 0 Å². The van der Waals surface area contributed by atoms with E-state index >= 15 is 0 Å². The lowest BCUT2D eigenvalue weighted by Crippen LogP contribution is -2.33. The summed E-state index contributed by atoms with van der Waals surface area (Å²) in [7, 11) is 0. The molecular weight excluding hydrogens is 340 g/mol. The van der Waals surface area contributed by atoms with Gasteiger partial charge in [-0.05, 0) is 54.8 Å². The third-order valence-electron chi connectivity index (χ3n) is 4.05. The van der Waals surface area contributed by atoms with Crippen LogP contribution in [0.15, 0.2) is 42.5 Å². The van der Waals surface area contributed by atoms with E-state index in [1.54, 1.807) is 36.1 Å². The van der Waals surface area contributed by atoms with Gasteiger partial charge in [-0.25, -0.2) is 0 Å². The molecule has 2 aromatic rings. The quantitative estimate of drug-likeness (QED) is 0.907. The number of amides is 2. The van der Waals surface area contributed by atoms with Gasteiger partial charge in [-0.3, -0.25) is 9.59 Å². The summed E-state index contributed by atoms with van der Waals surface area (Å²) in [6.07, 6.45) is 1.89. The molecule has 0 saturated heterocycles. The van der Waals surface area contributed by atoms with Gasteiger partial charge in [0.1, 0.15) is 5.75 Å². The summed E-state index contributed by atoms with van der Waals surface area (Å²) in [4.78, 5) is 25.6. The van der Waals surface area contributed by atoms with E-state index in [2.05, 4.69) is 5.32 Å². The Morgan fingerprint density at radius 2 is 1.96 bits per heavy atom. The minimum atomic E-state index is -0.264. The van der Waals surface area contributed by atoms with Crippen LogP contribution in [-0.2, 0) is 16.0 Å². The Bertz CT molecular complexity index is 790. The SMILES string of the molecule is CC(=O)N1CCCc2ccc(NC(=O)COc3ccc(Cl)cc3)cc21. The molecule has 2 aromatic carbocycles. The molecule has 3 rings (SSSR count). The van der Waals surface area contributed by atoms with Crippen molar-refractivity contribution in [1.82, 2.24) is 0 Å². The standard InChI is InChI=1S/C19H19ClN2O3/c1-13(23)22-10-2-3-14-4-7-16(11-18(14)22)21-19(24)12-25-17-8-5-15(20)6-9-17/h4-9,11H,2-3,10,12H2,1H3,(H,21,24). The first-order valence-electron chi connectivity index (χ1n) is 8.12. The van der Waals surface area contributed by atoms with Crippen LogP contribution in [0.25, 0.3) is 0 Å². The fourth-order valence-corrected chi connectivity index (χ4v) is 2.98. The molecule has 0 bridgehead atoms. The number of nitrogens with zero attached hydrogens (tertiary/aromatic N) is 1. The molecule has 25 heavy (non-hydrogen) atoms. The lowest BCUT2D eigenvalue weighted by molar-refractivity contribution is -0.118. The van der Waals surface area contributed by atoms with Crippen molar-refractivity contribution in [2.45, 2.75) is 19.8 Å². The molecule has 1 N–H and O–H groups in total. The van der Waals surface area contributed by atoms with E-state index in [0.29, 0.717) is 23.0 Å². The number of ether oxygens (including phenoxy) is 1. The second-order valence-electron chi connectivity index (χ2n) is 5.91. The molecule has 0 fully saturated rings. The van der Waals surface area contributed by atoms with Crippen molar-refractivity contribution in [3.63, 3.8) is 0 Å². The predicted molar refractivity (Wildman–Crippen MR) is 98.4 cm³/mol. The summed E-state index contributed by atoms with van der Waals surface area (Å²) >= 11 is 5.81. The molecule has 5 nitrogen and oxygen atoms in total. The number of anilines is 2. The maximum absolute atomic E-state index is 12.1. The van der Waals surface area contributed by atoms with Crippen LogP contribution in [-0.4, -0.2) is 25.0 Å².